The fourth-order valence-corrected chi connectivity index (χ4v) is 8.39. The number of nitrogens with one attached hydrogen (secondary N) is 1. The molecule has 0 bridgehead atoms. The van der Waals surface area contributed by atoms with Gasteiger partial charge in [0.25, 0.3) is 17.1 Å². The Morgan fingerprint density at radius 1 is 1.04 bits per heavy atom. The number of imide groups is 1. The number of hydrogen-bond acceptors (Lipinski definition) is 8. The summed E-state index contributed by atoms with van der Waals surface area (Å²) in [6.45, 7) is 2.98. The largest absolute Gasteiger partial charge is 0.493 e. The Balaban J connectivity index is 1.17. The highest BCUT2D eigenvalue weighted by molar-refractivity contribution is 8.18. The predicted molar refractivity (Wildman–Crippen MR) is 182 cm³/mol. The maximum Gasteiger partial charge on any atom is 0.293 e. The van der Waals surface area contributed by atoms with Crippen LogP contribution in [0.5, 0.6) is 11.5 Å². The molecule has 2 aliphatic heterocycles. The zero-order chi connectivity index (χ0) is 33.6. The summed E-state index contributed by atoms with van der Waals surface area (Å²) in [5, 5.41) is 2.25. The van der Waals surface area contributed by atoms with Crippen molar-refractivity contribution in [3.8, 4) is 11.5 Å². The Morgan fingerprint density at radius 3 is 2.49 bits per heavy atom. The maximum atomic E-state index is 13.6. The highest BCUT2D eigenvalue weighted by atomic mass is 35.5. The van der Waals surface area contributed by atoms with Crippen molar-refractivity contribution in [2.24, 2.45) is 5.92 Å². The van der Waals surface area contributed by atoms with Crippen molar-refractivity contribution in [1.29, 1.82) is 0 Å². The first-order valence-electron chi connectivity index (χ1n) is 15.3. The summed E-state index contributed by atoms with van der Waals surface area (Å²) < 4.78 is 39.4. The smallest absolute Gasteiger partial charge is 0.293 e. The lowest BCUT2D eigenvalue weighted by Crippen LogP contribution is -2.39. The number of ether oxygens (including phenoxy) is 2. The van der Waals surface area contributed by atoms with E-state index in [1.54, 1.807) is 24.3 Å². The number of amides is 3. The molecular weight excluding hydrogens is 662 g/mol. The molecule has 2 saturated heterocycles. The van der Waals surface area contributed by atoms with Crippen LogP contribution in [0.25, 0.3) is 6.08 Å². The number of carbonyl (C=O) groups excluding carboxylic acids is 3. The van der Waals surface area contributed by atoms with Gasteiger partial charge in [-0.15, -0.1) is 0 Å². The highest BCUT2D eigenvalue weighted by Crippen LogP contribution is 2.35. The Kier molecular flexibility index (Phi) is 11.3. The molecule has 2 heterocycles. The van der Waals surface area contributed by atoms with Gasteiger partial charge in [0.05, 0.1) is 23.6 Å². The molecule has 0 unspecified atom stereocenters. The summed E-state index contributed by atoms with van der Waals surface area (Å²) in [5.41, 5.74) is 1.99. The van der Waals surface area contributed by atoms with Gasteiger partial charge in [-0.25, -0.2) is 8.42 Å². The van der Waals surface area contributed by atoms with Crippen molar-refractivity contribution in [2.45, 2.75) is 31.1 Å². The van der Waals surface area contributed by atoms with Crippen molar-refractivity contribution in [2.75, 3.05) is 39.9 Å². The van der Waals surface area contributed by atoms with E-state index in [1.165, 1.54) is 35.2 Å². The average molecular weight is 698 g/mol. The molecule has 2 aliphatic rings. The summed E-state index contributed by atoms with van der Waals surface area (Å²) >= 11 is 7.14. The monoisotopic (exact) mass is 697 g/mol. The van der Waals surface area contributed by atoms with Crippen LogP contribution in [0.2, 0.25) is 5.02 Å². The van der Waals surface area contributed by atoms with Crippen LogP contribution >= 0.6 is 23.4 Å². The fourth-order valence-electron chi connectivity index (χ4n) is 5.56. The number of carbonyl (C=O) groups is 3. The van der Waals surface area contributed by atoms with Gasteiger partial charge < -0.3 is 14.8 Å². The van der Waals surface area contributed by atoms with Gasteiger partial charge in [-0.1, -0.05) is 48.0 Å². The van der Waals surface area contributed by atoms with Crippen LogP contribution in [-0.2, 0) is 21.2 Å². The van der Waals surface area contributed by atoms with Crippen molar-refractivity contribution >= 4 is 56.5 Å². The molecule has 10 nitrogen and oxygen atoms in total. The molecule has 1 N–H and O–H groups in total. The normalized spacial score (nSPS) is 16.9. The molecule has 0 aliphatic carbocycles. The van der Waals surface area contributed by atoms with Gasteiger partial charge in [0, 0.05) is 31.7 Å². The minimum atomic E-state index is -3.94. The molecule has 13 heteroatoms. The zero-order valence-electron chi connectivity index (χ0n) is 26.1. The molecule has 2 fully saturated rings. The van der Waals surface area contributed by atoms with Gasteiger partial charge in [-0.05, 0) is 91.4 Å². The van der Waals surface area contributed by atoms with Crippen molar-refractivity contribution in [3.63, 3.8) is 0 Å². The number of hydrogen-bond donors (Lipinski definition) is 1. The number of halogens is 1. The Morgan fingerprint density at radius 2 is 1.79 bits per heavy atom. The lowest BCUT2D eigenvalue weighted by molar-refractivity contribution is -0.122. The first-order valence-corrected chi connectivity index (χ1v) is 17.9. The molecule has 248 valence electrons. The van der Waals surface area contributed by atoms with E-state index in [0.29, 0.717) is 42.7 Å². The molecule has 5 rings (SSSR count). The Bertz CT molecular complexity index is 1780. The van der Waals surface area contributed by atoms with Crippen LogP contribution in [0.3, 0.4) is 0 Å². The molecule has 3 amide bonds. The zero-order valence-corrected chi connectivity index (χ0v) is 28.5. The predicted octanol–water partition coefficient (Wildman–Crippen LogP) is 5.86. The second-order valence-electron chi connectivity index (χ2n) is 11.1. The van der Waals surface area contributed by atoms with Gasteiger partial charge in [-0.3, -0.25) is 19.3 Å². The first kappa shape index (κ1) is 34.5. The minimum absolute atomic E-state index is 0.0271. The quantitative estimate of drug-likeness (QED) is 0.234. The number of benzene rings is 3. The number of sulfonamides is 1. The van der Waals surface area contributed by atoms with Crippen molar-refractivity contribution < 1.29 is 32.3 Å². The van der Waals surface area contributed by atoms with Crippen LogP contribution in [0, 0.1) is 5.92 Å². The van der Waals surface area contributed by atoms with Gasteiger partial charge in [0.2, 0.25) is 10.0 Å². The van der Waals surface area contributed by atoms with Gasteiger partial charge in [0.15, 0.2) is 11.5 Å². The molecule has 3 aromatic rings. The topological polar surface area (TPSA) is 122 Å². The Hall–Kier alpha value is -3.84. The number of rotatable bonds is 12. The lowest BCUT2D eigenvalue weighted by Gasteiger charge is -2.31. The van der Waals surface area contributed by atoms with Crippen LogP contribution in [-0.4, -0.2) is 74.6 Å². The van der Waals surface area contributed by atoms with E-state index in [1.807, 2.05) is 25.1 Å². The minimum Gasteiger partial charge on any atom is -0.493 e. The molecule has 0 aromatic heterocycles. The third-order valence-corrected chi connectivity index (χ3v) is 11.3. The molecule has 0 radical (unpaired) electrons. The number of thioether (sulfide) groups is 1. The van der Waals surface area contributed by atoms with E-state index in [2.05, 4.69) is 17.4 Å². The molecule has 0 atom stereocenters. The summed E-state index contributed by atoms with van der Waals surface area (Å²) in [7, 11) is -2.42. The third kappa shape index (κ3) is 8.18. The van der Waals surface area contributed by atoms with Gasteiger partial charge in [0.1, 0.15) is 4.90 Å². The first-order chi connectivity index (χ1) is 22.6. The van der Waals surface area contributed by atoms with Gasteiger partial charge >= 0.3 is 0 Å². The second-order valence-corrected chi connectivity index (χ2v) is 14.4. The van der Waals surface area contributed by atoms with Crippen LogP contribution < -0.4 is 14.8 Å². The van der Waals surface area contributed by atoms with E-state index in [4.69, 9.17) is 21.1 Å². The third-order valence-electron chi connectivity index (χ3n) is 8.03. The highest BCUT2D eigenvalue weighted by Gasteiger charge is 2.35. The van der Waals surface area contributed by atoms with Crippen LogP contribution in [0.1, 0.15) is 41.3 Å². The lowest BCUT2D eigenvalue weighted by atomic mass is 9.91. The van der Waals surface area contributed by atoms with Crippen molar-refractivity contribution in [1.82, 2.24) is 14.5 Å². The van der Waals surface area contributed by atoms with E-state index in [0.717, 1.165) is 35.9 Å². The molecule has 47 heavy (non-hydrogen) atoms. The van der Waals surface area contributed by atoms with E-state index in [-0.39, 0.29) is 33.5 Å². The second kappa shape index (κ2) is 15.4. The van der Waals surface area contributed by atoms with E-state index in [9.17, 15) is 22.8 Å². The number of methoxy groups -OCH3 is 1. The summed E-state index contributed by atoms with van der Waals surface area (Å²) in [6.07, 6.45) is 3.95. The maximum absolute atomic E-state index is 13.6. The fraction of sp³-hybridized carbons (Fsp3) is 0.324. The standard InChI is InChI=1S/C34H36ClN3O7S2/c1-3-45-28-12-9-25(20-29(28)44-2)21-30-33(40)38(34(41)46-30)18-15-36-32(39)26-10-11-27(35)31(22-26)47(42,43)37-16-13-24(14-17-37)19-23-7-5-4-6-8-23/h4-12,20-22,24H,3,13-19H2,1-2H3,(H,36,39)/b30-21+. The van der Waals surface area contributed by atoms with Gasteiger partial charge in [-0.2, -0.15) is 4.31 Å². The average Bonchev–Trinajstić information content (AvgIpc) is 3.33. The Labute approximate surface area is 284 Å². The SMILES string of the molecule is CCOc1ccc(/C=C2/SC(=O)N(CCNC(=O)c3ccc(Cl)c(S(=O)(=O)N4CCC(Cc5ccccc5)CC4)c3)C2=O)cc1OC. The number of nitrogens with zero attached hydrogens (tertiary/aromatic N) is 2. The summed E-state index contributed by atoms with van der Waals surface area (Å²) in [5.74, 6) is 0.425. The number of piperidine rings is 1. The molecular formula is C34H36ClN3O7S2. The summed E-state index contributed by atoms with van der Waals surface area (Å²) in [6, 6.07) is 19.5. The molecule has 3 aromatic carbocycles. The van der Waals surface area contributed by atoms with E-state index < -0.39 is 27.1 Å². The van der Waals surface area contributed by atoms with Crippen LogP contribution in [0.15, 0.2) is 76.5 Å². The van der Waals surface area contributed by atoms with Crippen molar-refractivity contribution in [3.05, 3.63) is 93.3 Å². The molecule has 0 spiro atoms. The molecule has 0 saturated carbocycles. The van der Waals surface area contributed by atoms with E-state index >= 15 is 0 Å². The van der Waals surface area contributed by atoms with Crippen LogP contribution in [0.4, 0.5) is 4.79 Å². The summed E-state index contributed by atoms with van der Waals surface area (Å²) in [4.78, 5) is 39.8.